The Kier molecular flexibility index (Phi) is 5.69. The number of nitriles is 1. The van der Waals surface area contributed by atoms with Crippen molar-refractivity contribution in [2.75, 3.05) is 19.1 Å². The minimum atomic E-state index is -0.463. The molecule has 1 N–H and O–H groups in total. The molecule has 0 heterocycles. The van der Waals surface area contributed by atoms with Crippen molar-refractivity contribution in [3.63, 3.8) is 0 Å². The summed E-state index contributed by atoms with van der Waals surface area (Å²) in [5.41, 5.74) is 4.17. The average molecular weight is 326 g/mol. The second kappa shape index (κ2) is 8.14. The first-order valence-corrected chi connectivity index (χ1v) is 6.85. The van der Waals surface area contributed by atoms with Gasteiger partial charge in [0.15, 0.2) is 18.1 Å². The number of benzene rings is 2. The van der Waals surface area contributed by atoms with Crippen LogP contribution in [-0.2, 0) is 0 Å². The highest BCUT2D eigenvalue weighted by atomic mass is 16.6. The van der Waals surface area contributed by atoms with Gasteiger partial charge < -0.3 is 9.47 Å². The predicted octanol–water partition coefficient (Wildman–Crippen LogP) is 2.95. The SMILES string of the molecule is COc1cc(/C=N/Nc2ccc([N+](=O)[O-])cc2)ccc1OCC#N. The predicted molar refractivity (Wildman–Crippen MR) is 88.4 cm³/mol. The fraction of sp³-hybridized carbons (Fsp3) is 0.125. The van der Waals surface area contributed by atoms with E-state index in [4.69, 9.17) is 14.7 Å². The van der Waals surface area contributed by atoms with Crippen LogP contribution in [-0.4, -0.2) is 24.9 Å². The van der Waals surface area contributed by atoms with Gasteiger partial charge in [0.25, 0.3) is 5.69 Å². The van der Waals surface area contributed by atoms with Crippen molar-refractivity contribution in [3.8, 4) is 17.6 Å². The Morgan fingerprint density at radius 1 is 1.29 bits per heavy atom. The number of hydrazone groups is 1. The lowest BCUT2D eigenvalue weighted by Gasteiger charge is -2.08. The van der Waals surface area contributed by atoms with E-state index in [0.717, 1.165) is 5.56 Å². The molecule has 2 rings (SSSR count). The Labute approximate surface area is 138 Å². The summed E-state index contributed by atoms with van der Waals surface area (Å²) < 4.78 is 10.4. The Morgan fingerprint density at radius 3 is 2.67 bits per heavy atom. The fourth-order valence-electron chi connectivity index (χ4n) is 1.83. The van der Waals surface area contributed by atoms with Crippen molar-refractivity contribution in [3.05, 3.63) is 58.1 Å². The number of rotatable bonds is 7. The van der Waals surface area contributed by atoms with Crippen LogP contribution >= 0.6 is 0 Å². The molecule has 2 aromatic carbocycles. The first-order valence-electron chi connectivity index (χ1n) is 6.85. The van der Waals surface area contributed by atoms with Gasteiger partial charge in [0.05, 0.1) is 23.9 Å². The minimum absolute atomic E-state index is 0.0159. The minimum Gasteiger partial charge on any atom is -0.493 e. The summed E-state index contributed by atoms with van der Waals surface area (Å²) in [5.74, 6) is 0.962. The third-order valence-corrected chi connectivity index (χ3v) is 2.97. The van der Waals surface area contributed by atoms with Crippen LogP contribution < -0.4 is 14.9 Å². The average Bonchev–Trinajstić information content (AvgIpc) is 2.60. The summed E-state index contributed by atoms with van der Waals surface area (Å²) in [6.07, 6.45) is 1.57. The number of non-ortho nitro benzene ring substituents is 1. The molecule has 0 bridgehead atoms. The Balaban J connectivity index is 2.03. The maximum absolute atomic E-state index is 10.6. The Bertz CT molecular complexity index is 782. The zero-order chi connectivity index (χ0) is 17.4. The van der Waals surface area contributed by atoms with E-state index in [9.17, 15) is 10.1 Å². The zero-order valence-corrected chi connectivity index (χ0v) is 12.8. The standard InChI is InChI=1S/C16H14N4O4/c1-23-16-10-12(2-7-15(16)24-9-8-17)11-18-19-13-3-5-14(6-4-13)20(21)22/h2-7,10-11,19H,9H2,1H3/b18-11+. The van der Waals surface area contributed by atoms with E-state index >= 15 is 0 Å². The van der Waals surface area contributed by atoms with E-state index in [0.29, 0.717) is 17.2 Å². The summed E-state index contributed by atoms with van der Waals surface area (Å²) in [5, 5.41) is 23.2. The van der Waals surface area contributed by atoms with E-state index in [2.05, 4.69) is 10.5 Å². The number of nitrogens with zero attached hydrogens (tertiary/aromatic N) is 3. The number of hydrogen-bond acceptors (Lipinski definition) is 7. The summed E-state index contributed by atoms with van der Waals surface area (Å²) in [7, 11) is 1.50. The number of methoxy groups -OCH3 is 1. The number of anilines is 1. The largest absolute Gasteiger partial charge is 0.493 e. The summed E-state index contributed by atoms with van der Waals surface area (Å²) in [4.78, 5) is 10.1. The van der Waals surface area contributed by atoms with Gasteiger partial charge in [-0.3, -0.25) is 15.5 Å². The molecule has 0 aromatic heterocycles. The maximum atomic E-state index is 10.6. The van der Waals surface area contributed by atoms with Crippen LogP contribution in [0.2, 0.25) is 0 Å². The molecule has 0 unspecified atom stereocenters. The van der Waals surface area contributed by atoms with Gasteiger partial charge in [-0.2, -0.15) is 10.4 Å². The van der Waals surface area contributed by atoms with E-state index in [1.54, 1.807) is 36.5 Å². The van der Waals surface area contributed by atoms with E-state index in [1.165, 1.54) is 19.2 Å². The van der Waals surface area contributed by atoms with Crippen LogP contribution in [0.4, 0.5) is 11.4 Å². The molecule has 0 saturated heterocycles. The smallest absolute Gasteiger partial charge is 0.269 e. The third kappa shape index (κ3) is 4.45. The molecule has 0 saturated carbocycles. The molecular formula is C16H14N4O4. The normalized spacial score (nSPS) is 10.2. The summed E-state index contributed by atoms with van der Waals surface area (Å²) >= 11 is 0. The van der Waals surface area contributed by atoms with Crippen LogP contribution in [0.5, 0.6) is 11.5 Å². The molecule has 8 nitrogen and oxygen atoms in total. The first kappa shape index (κ1) is 16.8. The third-order valence-electron chi connectivity index (χ3n) is 2.97. The molecule has 24 heavy (non-hydrogen) atoms. The molecule has 2 aromatic rings. The molecular weight excluding hydrogens is 312 g/mol. The highest BCUT2D eigenvalue weighted by Gasteiger charge is 2.05. The molecule has 0 atom stereocenters. The van der Waals surface area contributed by atoms with Gasteiger partial charge in [0.1, 0.15) is 6.07 Å². The summed E-state index contributed by atoms with van der Waals surface area (Å²) in [6, 6.07) is 13.0. The van der Waals surface area contributed by atoms with Crippen molar-refractivity contribution in [1.82, 2.24) is 0 Å². The zero-order valence-electron chi connectivity index (χ0n) is 12.8. The quantitative estimate of drug-likeness (QED) is 0.476. The van der Waals surface area contributed by atoms with Crippen LogP contribution in [0.3, 0.4) is 0 Å². The number of nitro benzene ring substituents is 1. The van der Waals surface area contributed by atoms with Crippen molar-refractivity contribution < 1.29 is 14.4 Å². The van der Waals surface area contributed by atoms with E-state index in [1.807, 2.05) is 6.07 Å². The molecule has 8 heteroatoms. The molecule has 0 fully saturated rings. The van der Waals surface area contributed by atoms with Gasteiger partial charge in [-0.15, -0.1) is 0 Å². The fourth-order valence-corrected chi connectivity index (χ4v) is 1.83. The highest BCUT2D eigenvalue weighted by molar-refractivity contribution is 5.81. The highest BCUT2D eigenvalue weighted by Crippen LogP contribution is 2.27. The molecule has 122 valence electrons. The van der Waals surface area contributed by atoms with Crippen molar-refractivity contribution in [2.24, 2.45) is 5.10 Å². The monoisotopic (exact) mass is 326 g/mol. The second-order valence-electron chi connectivity index (χ2n) is 4.53. The maximum Gasteiger partial charge on any atom is 0.269 e. The van der Waals surface area contributed by atoms with Crippen molar-refractivity contribution >= 4 is 17.6 Å². The van der Waals surface area contributed by atoms with Gasteiger partial charge in [0.2, 0.25) is 0 Å². The molecule has 0 amide bonds. The summed E-state index contributed by atoms with van der Waals surface area (Å²) in [6.45, 7) is -0.0640. The lowest BCUT2D eigenvalue weighted by Crippen LogP contribution is -1.98. The number of nitrogens with one attached hydrogen (secondary N) is 1. The van der Waals surface area contributed by atoms with Crippen LogP contribution in [0.25, 0.3) is 0 Å². The van der Waals surface area contributed by atoms with Gasteiger partial charge in [-0.05, 0) is 35.9 Å². The van der Waals surface area contributed by atoms with Crippen molar-refractivity contribution in [1.29, 1.82) is 5.26 Å². The van der Waals surface area contributed by atoms with Gasteiger partial charge in [-0.25, -0.2) is 0 Å². The van der Waals surface area contributed by atoms with Gasteiger partial charge in [0, 0.05) is 12.1 Å². The molecule has 0 aliphatic heterocycles. The Morgan fingerprint density at radius 2 is 2.04 bits per heavy atom. The van der Waals surface area contributed by atoms with E-state index in [-0.39, 0.29) is 12.3 Å². The topological polar surface area (TPSA) is 110 Å². The molecule has 0 aliphatic rings. The Hall–Kier alpha value is -3.60. The van der Waals surface area contributed by atoms with Crippen LogP contribution in [0.15, 0.2) is 47.6 Å². The second-order valence-corrected chi connectivity index (χ2v) is 4.53. The lowest BCUT2D eigenvalue weighted by atomic mass is 10.2. The van der Waals surface area contributed by atoms with E-state index < -0.39 is 4.92 Å². The molecule has 0 radical (unpaired) electrons. The molecule has 0 aliphatic carbocycles. The van der Waals surface area contributed by atoms with Gasteiger partial charge >= 0.3 is 0 Å². The van der Waals surface area contributed by atoms with Crippen LogP contribution in [0.1, 0.15) is 5.56 Å². The number of nitro groups is 1. The van der Waals surface area contributed by atoms with Gasteiger partial charge in [-0.1, -0.05) is 0 Å². The number of hydrogen-bond donors (Lipinski definition) is 1. The number of ether oxygens (including phenoxy) is 2. The van der Waals surface area contributed by atoms with Crippen LogP contribution in [0, 0.1) is 21.4 Å². The lowest BCUT2D eigenvalue weighted by molar-refractivity contribution is -0.384. The van der Waals surface area contributed by atoms with Crippen molar-refractivity contribution in [2.45, 2.75) is 0 Å². The first-order chi connectivity index (χ1) is 11.6. The molecule has 0 spiro atoms.